The van der Waals surface area contributed by atoms with Crippen LogP contribution in [0.1, 0.15) is 76.7 Å². The third kappa shape index (κ3) is 4.79. The van der Waals surface area contributed by atoms with Crippen LogP contribution in [0.25, 0.3) is 0 Å². The van der Waals surface area contributed by atoms with E-state index in [1.54, 1.807) is 6.20 Å². The number of fused-ring (bicyclic) bond motifs is 1. The van der Waals surface area contributed by atoms with E-state index in [-0.39, 0.29) is 46.9 Å². The van der Waals surface area contributed by atoms with Gasteiger partial charge in [0.2, 0.25) is 5.91 Å². The van der Waals surface area contributed by atoms with E-state index in [4.69, 9.17) is 0 Å². The molecular formula is C26H40N4O3. The Hall–Kier alpha value is -2.02. The zero-order chi connectivity index (χ0) is 23.8. The van der Waals surface area contributed by atoms with Gasteiger partial charge in [-0.25, -0.2) is 4.98 Å². The minimum Gasteiger partial charge on any atom is -0.392 e. The maximum Gasteiger partial charge on any atom is 0.271 e. The van der Waals surface area contributed by atoms with Crippen LogP contribution in [0.4, 0.5) is 0 Å². The zero-order valence-corrected chi connectivity index (χ0v) is 20.5. The van der Waals surface area contributed by atoms with Gasteiger partial charge in [0.15, 0.2) is 0 Å². The van der Waals surface area contributed by atoms with Gasteiger partial charge >= 0.3 is 0 Å². The molecule has 1 aromatic heterocycles. The van der Waals surface area contributed by atoms with Crippen molar-refractivity contribution < 1.29 is 14.7 Å². The summed E-state index contributed by atoms with van der Waals surface area (Å²) in [5.74, 6) is 0.613. The summed E-state index contributed by atoms with van der Waals surface area (Å²) in [6.07, 6.45) is 9.89. The van der Waals surface area contributed by atoms with E-state index in [0.29, 0.717) is 11.6 Å². The van der Waals surface area contributed by atoms with Crippen molar-refractivity contribution in [2.45, 2.75) is 78.4 Å². The number of nitrogens with zero attached hydrogens (tertiary/aromatic N) is 3. The molecule has 2 aliphatic carbocycles. The van der Waals surface area contributed by atoms with E-state index >= 15 is 0 Å². The highest BCUT2D eigenvalue weighted by molar-refractivity contribution is 5.92. The number of nitrogens with one attached hydrogen (secondary N) is 1. The minimum absolute atomic E-state index is 0.0272. The van der Waals surface area contributed by atoms with Crippen molar-refractivity contribution in [1.82, 2.24) is 20.2 Å². The Kier molecular flexibility index (Phi) is 7.08. The van der Waals surface area contributed by atoms with Crippen molar-refractivity contribution in [3.63, 3.8) is 0 Å². The number of amides is 2. The standard InChI is InChI=1S/C26H40N4O3/c1-16-7-13-30(14-8-16)25(33)17(2)19-5-9-26(4)10-6-20(18(3)22(26)23(19)31)29-24(32)21-15-27-11-12-28-21/h11-12,15-20,22-23,31H,5-10,13-14H2,1-4H3,(H,29,32). The van der Waals surface area contributed by atoms with Crippen LogP contribution in [-0.2, 0) is 4.79 Å². The molecule has 4 rings (SSSR count). The quantitative estimate of drug-likeness (QED) is 0.725. The Bertz CT molecular complexity index is 841. The number of hydrogen-bond acceptors (Lipinski definition) is 5. The van der Waals surface area contributed by atoms with Gasteiger partial charge in [-0.3, -0.25) is 14.6 Å². The summed E-state index contributed by atoms with van der Waals surface area (Å²) in [7, 11) is 0. The first kappa shape index (κ1) is 24.1. The van der Waals surface area contributed by atoms with Crippen LogP contribution in [-0.4, -0.2) is 57.0 Å². The summed E-state index contributed by atoms with van der Waals surface area (Å²) in [6, 6.07) is -0.0272. The third-order valence-corrected chi connectivity index (χ3v) is 9.13. The second-order valence-electron chi connectivity index (χ2n) is 11.2. The molecule has 182 valence electrons. The number of likely N-dealkylation sites (tertiary alicyclic amines) is 1. The lowest BCUT2D eigenvalue weighted by molar-refractivity contribution is -0.151. The van der Waals surface area contributed by atoms with Crippen molar-refractivity contribution in [3.8, 4) is 0 Å². The fourth-order valence-electron chi connectivity index (χ4n) is 6.86. The summed E-state index contributed by atoms with van der Waals surface area (Å²) in [5, 5.41) is 14.8. The van der Waals surface area contributed by atoms with Crippen LogP contribution in [0.2, 0.25) is 0 Å². The lowest BCUT2D eigenvalue weighted by Gasteiger charge is -2.56. The number of carbonyl (C=O) groups is 2. The highest BCUT2D eigenvalue weighted by Gasteiger charge is 2.54. The van der Waals surface area contributed by atoms with Gasteiger partial charge < -0.3 is 15.3 Å². The third-order valence-electron chi connectivity index (χ3n) is 9.13. The molecule has 7 atom stereocenters. The van der Waals surface area contributed by atoms with Gasteiger partial charge in [0.1, 0.15) is 5.69 Å². The monoisotopic (exact) mass is 456 g/mol. The first-order valence-electron chi connectivity index (χ1n) is 12.7. The minimum atomic E-state index is -0.544. The summed E-state index contributed by atoms with van der Waals surface area (Å²) < 4.78 is 0. The Morgan fingerprint density at radius 3 is 2.52 bits per heavy atom. The molecule has 7 unspecified atom stereocenters. The predicted molar refractivity (Wildman–Crippen MR) is 126 cm³/mol. The molecule has 0 aromatic carbocycles. The maximum atomic E-state index is 13.3. The molecule has 2 heterocycles. The number of hydrogen-bond donors (Lipinski definition) is 2. The van der Waals surface area contributed by atoms with Crippen LogP contribution in [0, 0.1) is 35.0 Å². The van der Waals surface area contributed by atoms with E-state index in [1.165, 1.54) is 12.4 Å². The normalized spacial score (nSPS) is 36.0. The van der Waals surface area contributed by atoms with Gasteiger partial charge in [-0.15, -0.1) is 0 Å². The van der Waals surface area contributed by atoms with Gasteiger partial charge in [0.25, 0.3) is 5.91 Å². The fraction of sp³-hybridized carbons (Fsp3) is 0.769. The Morgan fingerprint density at radius 2 is 1.85 bits per heavy atom. The zero-order valence-electron chi connectivity index (χ0n) is 20.5. The first-order chi connectivity index (χ1) is 15.7. The SMILES string of the molecule is CC1CCN(C(=O)C(C)C2CCC3(C)CCC(NC(=O)c4cnccn4)C(C)C3C2O)CC1. The molecule has 1 saturated heterocycles. The van der Waals surface area contributed by atoms with Crippen molar-refractivity contribution >= 4 is 11.8 Å². The number of carbonyl (C=O) groups excluding carboxylic acids is 2. The van der Waals surface area contributed by atoms with Gasteiger partial charge in [0, 0.05) is 37.4 Å². The number of piperidine rings is 1. The summed E-state index contributed by atoms with van der Waals surface area (Å²) in [6.45, 7) is 10.4. The largest absolute Gasteiger partial charge is 0.392 e. The first-order valence-corrected chi connectivity index (χ1v) is 12.7. The van der Waals surface area contributed by atoms with Crippen LogP contribution in [0.5, 0.6) is 0 Å². The number of aliphatic hydroxyl groups excluding tert-OH is 1. The topological polar surface area (TPSA) is 95.4 Å². The molecule has 1 aromatic rings. The highest BCUT2D eigenvalue weighted by Crippen LogP contribution is 2.55. The molecule has 0 radical (unpaired) electrons. The van der Waals surface area contributed by atoms with Gasteiger partial charge in [-0.2, -0.15) is 0 Å². The lowest BCUT2D eigenvalue weighted by atomic mass is 9.51. The molecule has 2 amide bonds. The summed E-state index contributed by atoms with van der Waals surface area (Å²) in [5.41, 5.74) is 0.349. The maximum absolute atomic E-state index is 13.3. The average molecular weight is 457 g/mol. The molecule has 1 aliphatic heterocycles. The molecule has 7 nitrogen and oxygen atoms in total. The van der Waals surface area contributed by atoms with Gasteiger partial charge in [0.05, 0.1) is 12.3 Å². The van der Waals surface area contributed by atoms with E-state index in [9.17, 15) is 14.7 Å². The van der Waals surface area contributed by atoms with Crippen LogP contribution in [0.3, 0.4) is 0 Å². The average Bonchev–Trinajstić information content (AvgIpc) is 2.81. The van der Waals surface area contributed by atoms with Crippen molar-refractivity contribution in [1.29, 1.82) is 0 Å². The van der Waals surface area contributed by atoms with E-state index in [0.717, 1.165) is 51.6 Å². The fourth-order valence-corrected chi connectivity index (χ4v) is 6.86. The Labute approximate surface area is 197 Å². The molecule has 3 fully saturated rings. The van der Waals surface area contributed by atoms with Gasteiger partial charge in [-0.1, -0.05) is 27.7 Å². The molecule has 2 N–H and O–H groups in total. The van der Waals surface area contributed by atoms with Crippen molar-refractivity contribution in [3.05, 3.63) is 24.3 Å². The summed E-state index contributed by atoms with van der Waals surface area (Å²) in [4.78, 5) is 36.1. The van der Waals surface area contributed by atoms with Crippen LogP contribution >= 0.6 is 0 Å². The molecule has 0 spiro atoms. The molecule has 3 aliphatic rings. The molecule has 2 saturated carbocycles. The number of rotatable bonds is 4. The van der Waals surface area contributed by atoms with Crippen LogP contribution in [0.15, 0.2) is 18.6 Å². The number of aromatic nitrogens is 2. The molecule has 7 heteroatoms. The molecule has 0 bridgehead atoms. The van der Waals surface area contributed by atoms with Crippen LogP contribution < -0.4 is 5.32 Å². The smallest absolute Gasteiger partial charge is 0.271 e. The Morgan fingerprint density at radius 1 is 1.15 bits per heavy atom. The number of aliphatic hydroxyl groups is 1. The second kappa shape index (κ2) is 9.69. The van der Waals surface area contributed by atoms with Gasteiger partial charge in [-0.05, 0) is 67.6 Å². The lowest BCUT2D eigenvalue weighted by Crippen LogP contribution is -2.58. The van der Waals surface area contributed by atoms with E-state index in [2.05, 4.69) is 36.1 Å². The van der Waals surface area contributed by atoms with Crippen molar-refractivity contribution in [2.24, 2.45) is 35.0 Å². The van der Waals surface area contributed by atoms with Crippen molar-refractivity contribution in [2.75, 3.05) is 13.1 Å². The highest BCUT2D eigenvalue weighted by atomic mass is 16.3. The summed E-state index contributed by atoms with van der Waals surface area (Å²) >= 11 is 0. The Balaban J connectivity index is 1.45. The van der Waals surface area contributed by atoms with E-state index in [1.807, 2.05) is 11.8 Å². The predicted octanol–water partition coefficient (Wildman–Crippen LogP) is 3.29. The second-order valence-corrected chi connectivity index (χ2v) is 11.2. The molecular weight excluding hydrogens is 416 g/mol. The van der Waals surface area contributed by atoms with E-state index < -0.39 is 6.10 Å². The molecule has 33 heavy (non-hydrogen) atoms.